The molecular formula is C21H21ClN6O. The Kier molecular flexibility index (Phi) is 5.07. The number of hydrogen-bond acceptors (Lipinski definition) is 4. The molecule has 0 atom stereocenters. The van der Waals surface area contributed by atoms with E-state index in [4.69, 9.17) is 11.6 Å². The van der Waals surface area contributed by atoms with Gasteiger partial charge in [0.1, 0.15) is 0 Å². The molecule has 3 heterocycles. The van der Waals surface area contributed by atoms with Gasteiger partial charge >= 0.3 is 0 Å². The number of aromatic nitrogens is 5. The monoisotopic (exact) mass is 408 g/mol. The van der Waals surface area contributed by atoms with E-state index in [1.54, 1.807) is 42.7 Å². The summed E-state index contributed by atoms with van der Waals surface area (Å²) < 4.78 is 1.92. The summed E-state index contributed by atoms with van der Waals surface area (Å²) in [7, 11) is 1.79. The summed E-state index contributed by atoms with van der Waals surface area (Å²) in [5, 5.41) is 5.65. The number of pyridine rings is 1. The largest absolute Gasteiger partial charge is 0.343 e. The Balaban J connectivity index is 1.75. The van der Waals surface area contributed by atoms with Gasteiger partial charge in [0.2, 0.25) is 0 Å². The standard InChI is InChI=1S/C21H21ClN6O/c1-4-28-13(2)14(9-25-28)11-27(3)21(29)17-8-19(20-10-23-12-24-20)26-18-6-5-15(22)7-16(17)18/h5-10,12H,4,11H2,1-3H3,(H,23,24). The van der Waals surface area contributed by atoms with Crippen LogP contribution in [-0.4, -0.2) is 42.6 Å². The molecule has 4 aromatic rings. The third-order valence-corrected chi connectivity index (χ3v) is 5.27. The lowest BCUT2D eigenvalue weighted by Gasteiger charge is -2.19. The highest BCUT2D eigenvalue weighted by Gasteiger charge is 2.20. The van der Waals surface area contributed by atoms with Crippen molar-refractivity contribution in [1.29, 1.82) is 0 Å². The molecule has 8 heteroatoms. The van der Waals surface area contributed by atoms with Crippen LogP contribution in [0, 0.1) is 6.92 Å². The third kappa shape index (κ3) is 3.61. The molecule has 0 saturated carbocycles. The molecule has 1 aromatic carbocycles. The molecule has 4 rings (SSSR count). The van der Waals surface area contributed by atoms with Crippen LogP contribution in [0.25, 0.3) is 22.3 Å². The average molecular weight is 409 g/mol. The topological polar surface area (TPSA) is 79.7 Å². The van der Waals surface area contributed by atoms with E-state index in [2.05, 4.69) is 20.1 Å². The van der Waals surface area contributed by atoms with Gasteiger partial charge in [-0.05, 0) is 38.1 Å². The zero-order valence-electron chi connectivity index (χ0n) is 16.5. The van der Waals surface area contributed by atoms with Gasteiger partial charge in [0.15, 0.2) is 0 Å². The van der Waals surface area contributed by atoms with Crippen LogP contribution in [0.2, 0.25) is 5.02 Å². The van der Waals surface area contributed by atoms with Crippen molar-refractivity contribution in [2.24, 2.45) is 0 Å². The summed E-state index contributed by atoms with van der Waals surface area (Å²) in [4.78, 5) is 26.8. The summed E-state index contributed by atoms with van der Waals surface area (Å²) in [5.74, 6) is -0.107. The van der Waals surface area contributed by atoms with Gasteiger partial charge in [-0.1, -0.05) is 11.6 Å². The van der Waals surface area contributed by atoms with E-state index in [1.165, 1.54) is 0 Å². The van der Waals surface area contributed by atoms with Gasteiger partial charge in [0.05, 0.1) is 41.2 Å². The molecule has 1 N–H and O–H groups in total. The Hall–Kier alpha value is -3.19. The van der Waals surface area contributed by atoms with Crippen LogP contribution in [0.4, 0.5) is 0 Å². The van der Waals surface area contributed by atoms with Crippen molar-refractivity contribution in [2.75, 3.05) is 7.05 Å². The van der Waals surface area contributed by atoms with Crippen molar-refractivity contribution < 1.29 is 4.79 Å². The first kappa shape index (κ1) is 19.1. The molecule has 0 fully saturated rings. The van der Waals surface area contributed by atoms with E-state index < -0.39 is 0 Å². The first-order valence-corrected chi connectivity index (χ1v) is 9.71. The molecule has 1 amide bonds. The molecular weight excluding hydrogens is 388 g/mol. The minimum absolute atomic E-state index is 0.107. The maximum atomic E-state index is 13.4. The number of halogens is 1. The molecule has 0 radical (unpaired) electrons. The Morgan fingerprint density at radius 2 is 2.10 bits per heavy atom. The summed E-state index contributed by atoms with van der Waals surface area (Å²) in [6.45, 7) is 5.32. The van der Waals surface area contributed by atoms with E-state index in [-0.39, 0.29) is 5.91 Å². The Labute approximate surface area is 173 Å². The number of carbonyl (C=O) groups excluding carboxylic acids is 1. The normalized spacial score (nSPS) is 11.2. The molecule has 0 saturated heterocycles. The minimum Gasteiger partial charge on any atom is -0.343 e. The number of hydrogen-bond donors (Lipinski definition) is 1. The maximum absolute atomic E-state index is 13.4. The number of aromatic amines is 1. The molecule has 7 nitrogen and oxygen atoms in total. The summed E-state index contributed by atoms with van der Waals surface area (Å²) in [5.41, 5.74) is 4.74. The summed E-state index contributed by atoms with van der Waals surface area (Å²) in [6.07, 6.45) is 5.09. The van der Waals surface area contributed by atoms with Gasteiger partial charge in [0, 0.05) is 41.8 Å². The molecule has 0 aliphatic carbocycles. The van der Waals surface area contributed by atoms with Crippen molar-refractivity contribution in [2.45, 2.75) is 26.9 Å². The Bertz CT molecular complexity index is 1180. The van der Waals surface area contributed by atoms with Crippen molar-refractivity contribution in [1.82, 2.24) is 29.6 Å². The molecule has 0 aliphatic rings. The van der Waals surface area contributed by atoms with Gasteiger partial charge in [0.25, 0.3) is 5.91 Å². The smallest absolute Gasteiger partial charge is 0.254 e. The molecule has 29 heavy (non-hydrogen) atoms. The highest BCUT2D eigenvalue weighted by atomic mass is 35.5. The second kappa shape index (κ2) is 7.67. The number of nitrogens with one attached hydrogen (secondary N) is 1. The lowest BCUT2D eigenvalue weighted by atomic mass is 10.1. The minimum atomic E-state index is -0.107. The van der Waals surface area contributed by atoms with Crippen LogP contribution in [0.1, 0.15) is 28.5 Å². The number of amides is 1. The lowest BCUT2D eigenvalue weighted by molar-refractivity contribution is 0.0787. The quantitative estimate of drug-likeness (QED) is 0.539. The fourth-order valence-electron chi connectivity index (χ4n) is 3.40. The number of imidazole rings is 1. The first-order chi connectivity index (χ1) is 14.0. The summed E-state index contributed by atoms with van der Waals surface area (Å²) in [6, 6.07) is 7.16. The number of H-pyrrole nitrogens is 1. The van der Waals surface area contributed by atoms with Crippen molar-refractivity contribution in [3.05, 3.63) is 64.8 Å². The van der Waals surface area contributed by atoms with Crippen molar-refractivity contribution in [3.8, 4) is 11.4 Å². The van der Waals surface area contributed by atoms with Crippen LogP contribution in [0.15, 0.2) is 43.0 Å². The molecule has 0 unspecified atom stereocenters. The highest BCUT2D eigenvalue weighted by molar-refractivity contribution is 6.31. The Morgan fingerprint density at radius 1 is 1.28 bits per heavy atom. The highest BCUT2D eigenvalue weighted by Crippen LogP contribution is 2.27. The second-order valence-corrected chi connectivity index (χ2v) is 7.35. The number of benzene rings is 1. The fraction of sp³-hybridized carbons (Fsp3) is 0.238. The predicted octanol–water partition coefficient (Wildman–Crippen LogP) is 4.08. The van der Waals surface area contributed by atoms with E-state index in [0.717, 1.165) is 28.9 Å². The number of aryl methyl sites for hydroxylation is 1. The number of carbonyl (C=O) groups is 1. The number of nitrogens with zero attached hydrogens (tertiary/aromatic N) is 5. The zero-order valence-corrected chi connectivity index (χ0v) is 17.2. The van der Waals surface area contributed by atoms with Gasteiger partial charge in [-0.3, -0.25) is 9.48 Å². The lowest BCUT2D eigenvalue weighted by Crippen LogP contribution is -2.26. The van der Waals surface area contributed by atoms with Gasteiger partial charge in [-0.2, -0.15) is 5.10 Å². The van der Waals surface area contributed by atoms with Gasteiger partial charge in [-0.25, -0.2) is 9.97 Å². The molecule has 3 aromatic heterocycles. The molecule has 0 bridgehead atoms. The number of fused-ring (bicyclic) bond motifs is 1. The fourth-order valence-corrected chi connectivity index (χ4v) is 3.57. The molecule has 0 aliphatic heterocycles. The van der Waals surface area contributed by atoms with Gasteiger partial charge in [-0.15, -0.1) is 0 Å². The second-order valence-electron chi connectivity index (χ2n) is 6.91. The van der Waals surface area contributed by atoms with E-state index >= 15 is 0 Å². The number of rotatable bonds is 5. The molecule has 148 valence electrons. The average Bonchev–Trinajstić information content (AvgIpc) is 3.37. The SMILES string of the molecule is CCn1ncc(CN(C)C(=O)c2cc(-c3cnc[nH]3)nc3ccc(Cl)cc23)c1C. The van der Waals surface area contributed by atoms with Crippen LogP contribution >= 0.6 is 11.6 Å². The van der Waals surface area contributed by atoms with E-state index in [9.17, 15) is 4.79 Å². The molecule has 0 spiro atoms. The Morgan fingerprint density at radius 3 is 2.79 bits per heavy atom. The summed E-state index contributed by atoms with van der Waals surface area (Å²) >= 11 is 6.20. The van der Waals surface area contributed by atoms with Crippen LogP contribution < -0.4 is 0 Å². The van der Waals surface area contributed by atoms with E-state index in [1.807, 2.05) is 30.8 Å². The van der Waals surface area contributed by atoms with Crippen molar-refractivity contribution >= 4 is 28.4 Å². The van der Waals surface area contributed by atoms with Gasteiger partial charge < -0.3 is 9.88 Å². The third-order valence-electron chi connectivity index (χ3n) is 5.03. The van der Waals surface area contributed by atoms with Crippen LogP contribution in [0.3, 0.4) is 0 Å². The van der Waals surface area contributed by atoms with Crippen LogP contribution in [0.5, 0.6) is 0 Å². The zero-order chi connectivity index (χ0) is 20.5. The first-order valence-electron chi connectivity index (χ1n) is 9.33. The maximum Gasteiger partial charge on any atom is 0.254 e. The van der Waals surface area contributed by atoms with Crippen molar-refractivity contribution in [3.63, 3.8) is 0 Å². The van der Waals surface area contributed by atoms with E-state index in [0.29, 0.717) is 28.3 Å². The van der Waals surface area contributed by atoms with Crippen LogP contribution in [-0.2, 0) is 13.1 Å². The predicted molar refractivity (Wildman–Crippen MR) is 113 cm³/mol.